The van der Waals surface area contributed by atoms with Crippen molar-refractivity contribution in [3.8, 4) is 5.75 Å². The fourth-order valence-corrected chi connectivity index (χ4v) is 5.48. The average molecular weight is 474 g/mol. The third-order valence-electron chi connectivity index (χ3n) is 7.57. The summed E-state index contributed by atoms with van der Waals surface area (Å²) in [5, 5.41) is 24.4. The van der Waals surface area contributed by atoms with E-state index in [1.807, 2.05) is 91.9 Å². The highest BCUT2D eigenvalue weighted by molar-refractivity contribution is 5.37. The molecule has 3 aromatic rings. The van der Waals surface area contributed by atoms with Gasteiger partial charge in [-0.25, -0.2) is 0 Å². The summed E-state index contributed by atoms with van der Waals surface area (Å²) in [6, 6.07) is 27.7. The van der Waals surface area contributed by atoms with Crippen LogP contribution >= 0.6 is 0 Å². The Bertz CT molecular complexity index is 992. The minimum Gasteiger partial charge on any atom is -0.494 e. The van der Waals surface area contributed by atoms with Gasteiger partial charge in [0.05, 0.1) is 6.61 Å². The van der Waals surface area contributed by atoms with Crippen LogP contribution in [0.25, 0.3) is 0 Å². The van der Waals surface area contributed by atoms with Crippen LogP contribution in [-0.4, -0.2) is 34.8 Å². The molecule has 0 aliphatic carbocycles. The summed E-state index contributed by atoms with van der Waals surface area (Å²) in [4.78, 5) is 2.23. The van der Waals surface area contributed by atoms with E-state index >= 15 is 0 Å². The van der Waals surface area contributed by atoms with E-state index < -0.39 is 11.3 Å². The molecule has 0 amide bonds. The van der Waals surface area contributed by atoms with Crippen molar-refractivity contribution in [1.29, 1.82) is 0 Å². The molecule has 186 valence electrons. The molecule has 1 fully saturated rings. The zero-order valence-corrected chi connectivity index (χ0v) is 21.1. The summed E-state index contributed by atoms with van der Waals surface area (Å²) >= 11 is 0. The maximum absolute atomic E-state index is 12.2. The molecule has 2 N–H and O–H groups in total. The molecule has 35 heavy (non-hydrogen) atoms. The van der Waals surface area contributed by atoms with Crippen molar-refractivity contribution in [2.45, 2.75) is 57.3 Å². The van der Waals surface area contributed by atoms with Crippen LogP contribution in [0, 0.1) is 5.92 Å². The lowest BCUT2D eigenvalue weighted by molar-refractivity contribution is -0.136. The first-order chi connectivity index (χ1) is 17.0. The highest BCUT2D eigenvalue weighted by Gasteiger charge is 2.41. The first kappa shape index (κ1) is 25.4. The Morgan fingerprint density at radius 3 is 1.83 bits per heavy atom. The van der Waals surface area contributed by atoms with Crippen molar-refractivity contribution in [3.63, 3.8) is 0 Å². The molecule has 4 heteroatoms. The standard InChI is InChI=1S/C31H39NO3/c1-3-35-29-19-17-26(18-20-29)30(33,32-23-11-6-12-24-32)22-21-25(2)31(34,27-13-7-4-8-14-27)28-15-9-5-10-16-28/h4-5,7-10,13-20,25,33-34H,3,6,11-12,21-24H2,1-2H3. The topological polar surface area (TPSA) is 52.9 Å². The van der Waals surface area contributed by atoms with Gasteiger partial charge in [-0.15, -0.1) is 0 Å². The Kier molecular flexibility index (Phi) is 8.27. The third kappa shape index (κ3) is 5.45. The van der Waals surface area contributed by atoms with Crippen molar-refractivity contribution < 1.29 is 14.9 Å². The van der Waals surface area contributed by atoms with Gasteiger partial charge >= 0.3 is 0 Å². The average Bonchev–Trinajstić information content (AvgIpc) is 2.93. The summed E-state index contributed by atoms with van der Waals surface area (Å²) < 4.78 is 5.63. The van der Waals surface area contributed by atoms with Crippen molar-refractivity contribution in [1.82, 2.24) is 4.90 Å². The van der Waals surface area contributed by atoms with Crippen LogP contribution in [0.1, 0.15) is 62.6 Å². The van der Waals surface area contributed by atoms with Crippen LogP contribution in [0.4, 0.5) is 0 Å². The van der Waals surface area contributed by atoms with E-state index in [-0.39, 0.29) is 5.92 Å². The summed E-state index contributed by atoms with van der Waals surface area (Å²) in [5.41, 5.74) is 0.401. The van der Waals surface area contributed by atoms with Crippen LogP contribution in [0.15, 0.2) is 84.9 Å². The lowest BCUT2D eigenvalue weighted by Crippen LogP contribution is -2.49. The Labute approximate surface area is 210 Å². The fraction of sp³-hybridized carbons (Fsp3) is 0.419. The van der Waals surface area contributed by atoms with E-state index in [1.165, 1.54) is 6.42 Å². The van der Waals surface area contributed by atoms with Crippen LogP contribution in [-0.2, 0) is 11.3 Å². The number of rotatable bonds is 10. The van der Waals surface area contributed by atoms with E-state index in [2.05, 4.69) is 11.8 Å². The Morgan fingerprint density at radius 2 is 1.31 bits per heavy atom. The minimum atomic E-state index is -1.15. The number of hydrogen-bond donors (Lipinski definition) is 2. The van der Waals surface area contributed by atoms with E-state index in [1.54, 1.807) is 0 Å². The Hall–Kier alpha value is -2.66. The molecule has 2 atom stereocenters. The molecule has 4 rings (SSSR count). The van der Waals surface area contributed by atoms with Crippen LogP contribution in [0.5, 0.6) is 5.75 Å². The molecule has 0 radical (unpaired) electrons. The number of likely N-dealkylation sites (tertiary alicyclic amines) is 1. The summed E-state index contributed by atoms with van der Waals surface area (Å²) in [7, 11) is 0. The second-order valence-electron chi connectivity index (χ2n) is 9.76. The molecular formula is C31H39NO3. The highest BCUT2D eigenvalue weighted by atomic mass is 16.5. The monoisotopic (exact) mass is 473 g/mol. The number of benzene rings is 3. The summed E-state index contributed by atoms with van der Waals surface area (Å²) in [6.07, 6.45) is 4.57. The van der Waals surface area contributed by atoms with Crippen LogP contribution in [0.2, 0.25) is 0 Å². The minimum absolute atomic E-state index is 0.119. The molecule has 0 aromatic heterocycles. The maximum Gasteiger partial charge on any atom is 0.144 e. The van der Waals surface area contributed by atoms with Crippen molar-refractivity contribution in [3.05, 3.63) is 102 Å². The Morgan fingerprint density at radius 1 is 0.771 bits per heavy atom. The number of aliphatic hydroxyl groups is 2. The molecule has 3 aromatic carbocycles. The zero-order valence-electron chi connectivity index (χ0n) is 21.1. The fourth-order valence-electron chi connectivity index (χ4n) is 5.48. The van der Waals surface area contributed by atoms with Crippen LogP contribution < -0.4 is 4.74 Å². The van der Waals surface area contributed by atoms with Crippen molar-refractivity contribution in [2.75, 3.05) is 19.7 Å². The van der Waals surface area contributed by atoms with E-state index in [4.69, 9.17) is 4.74 Å². The predicted molar refractivity (Wildman–Crippen MR) is 141 cm³/mol. The molecular weight excluding hydrogens is 434 g/mol. The van der Waals surface area contributed by atoms with E-state index in [0.29, 0.717) is 19.4 Å². The molecule has 0 spiro atoms. The van der Waals surface area contributed by atoms with Gasteiger partial charge in [-0.2, -0.15) is 0 Å². The van der Waals surface area contributed by atoms with Crippen LogP contribution in [0.3, 0.4) is 0 Å². The normalized spacial score (nSPS) is 17.5. The molecule has 1 saturated heterocycles. The second kappa shape index (κ2) is 11.4. The molecule has 0 saturated carbocycles. The van der Waals surface area contributed by atoms with Gasteiger partial charge in [0.25, 0.3) is 0 Å². The van der Waals surface area contributed by atoms with Gasteiger partial charge < -0.3 is 14.9 Å². The Balaban J connectivity index is 1.64. The van der Waals surface area contributed by atoms with E-state index in [9.17, 15) is 10.2 Å². The van der Waals surface area contributed by atoms with Crippen molar-refractivity contribution in [2.24, 2.45) is 5.92 Å². The lowest BCUT2D eigenvalue weighted by atomic mass is 9.74. The van der Waals surface area contributed by atoms with Gasteiger partial charge in [-0.3, -0.25) is 4.90 Å². The van der Waals surface area contributed by atoms with Crippen molar-refractivity contribution >= 4 is 0 Å². The molecule has 1 aliphatic rings. The summed E-state index contributed by atoms with van der Waals surface area (Å²) in [5.74, 6) is 0.694. The molecule has 4 nitrogen and oxygen atoms in total. The third-order valence-corrected chi connectivity index (χ3v) is 7.57. The predicted octanol–water partition coefficient (Wildman–Crippen LogP) is 6.07. The van der Waals surface area contributed by atoms with Gasteiger partial charge in [0.15, 0.2) is 0 Å². The highest BCUT2D eigenvalue weighted by Crippen LogP contribution is 2.42. The quantitative estimate of drug-likeness (QED) is 0.375. The number of hydrogen-bond acceptors (Lipinski definition) is 4. The molecule has 0 bridgehead atoms. The SMILES string of the molecule is CCOc1ccc(C(O)(CCC(C)C(O)(c2ccccc2)c2ccccc2)N2CCCCC2)cc1. The van der Waals surface area contributed by atoms with E-state index in [0.717, 1.165) is 48.4 Å². The van der Waals surface area contributed by atoms with Gasteiger partial charge in [0.2, 0.25) is 0 Å². The number of piperidine rings is 1. The van der Waals surface area contributed by atoms with Gasteiger partial charge in [-0.1, -0.05) is 86.1 Å². The van der Waals surface area contributed by atoms with Gasteiger partial charge in [0, 0.05) is 13.1 Å². The smallest absolute Gasteiger partial charge is 0.144 e. The number of nitrogens with zero attached hydrogens (tertiary/aromatic N) is 1. The second-order valence-corrected chi connectivity index (χ2v) is 9.76. The molecule has 1 aliphatic heterocycles. The zero-order chi connectivity index (χ0) is 24.7. The first-order valence-corrected chi connectivity index (χ1v) is 13.0. The van der Waals surface area contributed by atoms with Gasteiger partial charge in [-0.05, 0) is 67.3 Å². The lowest BCUT2D eigenvalue weighted by Gasteiger charge is -2.44. The number of ether oxygens (including phenoxy) is 1. The maximum atomic E-state index is 12.2. The largest absolute Gasteiger partial charge is 0.494 e. The molecule has 2 unspecified atom stereocenters. The molecule has 1 heterocycles. The summed E-state index contributed by atoms with van der Waals surface area (Å²) in [6.45, 7) is 6.43. The van der Waals surface area contributed by atoms with Gasteiger partial charge in [0.1, 0.15) is 17.1 Å². The first-order valence-electron chi connectivity index (χ1n) is 13.0.